The lowest BCUT2D eigenvalue weighted by Gasteiger charge is -2.11. The molecule has 0 aliphatic heterocycles. The average molecular weight is 291 g/mol. The van der Waals surface area contributed by atoms with E-state index in [1.54, 1.807) is 25.3 Å². The maximum absolute atomic E-state index is 11.8. The van der Waals surface area contributed by atoms with Crippen LogP contribution in [0.25, 0.3) is 0 Å². The highest BCUT2D eigenvalue weighted by molar-refractivity contribution is 6.30. The number of halogens is 1. The van der Waals surface area contributed by atoms with Crippen LogP contribution in [0.5, 0.6) is 5.75 Å². The van der Waals surface area contributed by atoms with Gasteiger partial charge in [-0.3, -0.25) is 0 Å². The summed E-state index contributed by atoms with van der Waals surface area (Å²) >= 11 is 5.88. The monoisotopic (exact) mass is 290 g/mol. The summed E-state index contributed by atoms with van der Waals surface area (Å²) in [6, 6.07) is 14.3. The third kappa shape index (κ3) is 3.90. The molecule has 0 fully saturated rings. The standard InChI is InChI=1S/C15H15ClN2O2/c1-20-14-8-3-2-7-13(14)18-15(19)17-10-11-5-4-6-12(16)9-11/h2-9H,10H2,1H3,(H2,17,18,19). The Balaban J connectivity index is 1.93. The second-order valence-electron chi connectivity index (χ2n) is 4.14. The van der Waals surface area contributed by atoms with Gasteiger partial charge < -0.3 is 15.4 Å². The Morgan fingerprint density at radius 2 is 2.00 bits per heavy atom. The summed E-state index contributed by atoms with van der Waals surface area (Å²) in [5.41, 5.74) is 1.56. The highest BCUT2D eigenvalue weighted by atomic mass is 35.5. The zero-order valence-corrected chi connectivity index (χ0v) is 11.8. The van der Waals surface area contributed by atoms with Crippen LogP contribution in [0.1, 0.15) is 5.56 Å². The third-order valence-electron chi connectivity index (χ3n) is 2.70. The minimum atomic E-state index is -0.297. The second kappa shape index (κ2) is 6.82. The normalized spacial score (nSPS) is 9.90. The molecule has 0 aromatic heterocycles. The number of hydrogen-bond donors (Lipinski definition) is 2. The van der Waals surface area contributed by atoms with Crippen LogP contribution in [0.2, 0.25) is 5.02 Å². The topological polar surface area (TPSA) is 50.4 Å². The lowest BCUT2D eigenvalue weighted by atomic mass is 10.2. The molecule has 2 amide bonds. The van der Waals surface area contributed by atoms with Gasteiger partial charge in [0.15, 0.2) is 0 Å². The van der Waals surface area contributed by atoms with E-state index >= 15 is 0 Å². The van der Waals surface area contributed by atoms with Gasteiger partial charge in [0.2, 0.25) is 0 Å². The molecule has 104 valence electrons. The number of anilines is 1. The molecule has 0 unspecified atom stereocenters. The van der Waals surface area contributed by atoms with Crippen molar-refractivity contribution in [1.82, 2.24) is 5.32 Å². The molecule has 20 heavy (non-hydrogen) atoms. The van der Waals surface area contributed by atoms with Crippen molar-refractivity contribution in [1.29, 1.82) is 0 Å². The molecule has 5 heteroatoms. The number of para-hydroxylation sites is 2. The molecule has 0 heterocycles. The van der Waals surface area contributed by atoms with E-state index in [2.05, 4.69) is 10.6 Å². The van der Waals surface area contributed by atoms with E-state index in [0.717, 1.165) is 5.56 Å². The first-order chi connectivity index (χ1) is 9.69. The lowest BCUT2D eigenvalue weighted by molar-refractivity contribution is 0.251. The molecule has 0 aliphatic carbocycles. The van der Waals surface area contributed by atoms with Gasteiger partial charge in [-0.25, -0.2) is 4.79 Å². The maximum atomic E-state index is 11.8. The molecule has 0 saturated carbocycles. The van der Waals surface area contributed by atoms with Gasteiger partial charge >= 0.3 is 6.03 Å². The molecular formula is C15H15ClN2O2. The summed E-state index contributed by atoms with van der Waals surface area (Å²) in [5, 5.41) is 6.15. The number of methoxy groups -OCH3 is 1. The van der Waals surface area contributed by atoms with Crippen molar-refractivity contribution in [3.63, 3.8) is 0 Å². The molecule has 0 atom stereocenters. The van der Waals surface area contributed by atoms with Crippen LogP contribution in [0, 0.1) is 0 Å². The van der Waals surface area contributed by atoms with Crippen LogP contribution in [0.4, 0.5) is 10.5 Å². The smallest absolute Gasteiger partial charge is 0.319 e. The van der Waals surface area contributed by atoms with Gasteiger partial charge in [-0.15, -0.1) is 0 Å². The molecule has 0 radical (unpaired) electrons. The maximum Gasteiger partial charge on any atom is 0.319 e. The van der Waals surface area contributed by atoms with E-state index in [0.29, 0.717) is 23.0 Å². The molecule has 0 bridgehead atoms. The van der Waals surface area contributed by atoms with Crippen LogP contribution in [0.3, 0.4) is 0 Å². The highest BCUT2D eigenvalue weighted by Crippen LogP contribution is 2.22. The Labute approximate surface area is 122 Å². The van der Waals surface area contributed by atoms with Crippen LogP contribution in [-0.2, 0) is 6.54 Å². The lowest BCUT2D eigenvalue weighted by Crippen LogP contribution is -2.28. The number of ether oxygens (including phenoxy) is 1. The summed E-state index contributed by atoms with van der Waals surface area (Å²) in [7, 11) is 1.56. The van der Waals surface area contributed by atoms with Gasteiger partial charge in [-0.05, 0) is 29.8 Å². The number of carbonyl (C=O) groups is 1. The highest BCUT2D eigenvalue weighted by Gasteiger charge is 2.06. The molecule has 4 nitrogen and oxygen atoms in total. The SMILES string of the molecule is COc1ccccc1NC(=O)NCc1cccc(Cl)c1. The number of rotatable bonds is 4. The summed E-state index contributed by atoms with van der Waals surface area (Å²) in [5.74, 6) is 0.616. The van der Waals surface area contributed by atoms with Crippen molar-refractivity contribution in [3.8, 4) is 5.75 Å². The van der Waals surface area contributed by atoms with Gasteiger partial charge in [0.25, 0.3) is 0 Å². The van der Waals surface area contributed by atoms with E-state index in [4.69, 9.17) is 16.3 Å². The van der Waals surface area contributed by atoms with Gasteiger partial charge in [-0.2, -0.15) is 0 Å². The minimum absolute atomic E-state index is 0.297. The van der Waals surface area contributed by atoms with Crippen LogP contribution in [0.15, 0.2) is 48.5 Å². The molecule has 0 aliphatic rings. The molecule has 0 saturated heterocycles. The van der Waals surface area contributed by atoms with Gasteiger partial charge in [0, 0.05) is 11.6 Å². The van der Waals surface area contributed by atoms with Crippen molar-refractivity contribution in [2.24, 2.45) is 0 Å². The Kier molecular flexibility index (Phi) is 4.85. The van der Waals surface area contributed by atoms with Gasteiger partial charge in [0.1, 0.15) is 5.75 Å². The number of hydrogen-bond acceptors (Lipinski definition) is 2. The summed E-state index contributed by atoms with van der Waals surface area (Å²) in [4.78, 5) is 11.8. The van der Waals surface area contributed by atoms with Crippen molar-refractivity contribution in [2.75, 3.05) is 12.4 Å². The van der Waals surface area contributed by atoms with Crippen molar-refractivity contribution in [3.05, 3.63) is 59.1 Å². The fourth-order valence-electron chi connectivity index (χ4n) is 1.74. The number of benzene rings is 2. The summed E-state index contributed by atoms with van der Waals surface area (Å²) in [6.07, 6.45) is 0. The molecule has 2 N–H and O–H groups in total. The summed E-state index contributed by atoms with van der Waals surface area (Å²) < 4.78 is 5.16. The quantitative estimate of drug-likeness (QED) is 0.902. The first kappa shape index (κ1) is 14.2. The molecule has 2 aromatic rings. The van der Waals surface area contributed by atoms with Crippen LogP contribution >= 0.6 is 11.6 Å². The van der Waals surface area contributed by atoms with E-state index in [9.17, 15) is 4.79 Å². The number of amides is 2. The Morgan fingerprint density at radius 3 is 2.75 bits per heavy atom. The first-order valence-electron chi connectivity index (χ1n) is 6.11. The Bertz CT molecular complexity index is 602. The Hall–Kier alpha value is -2.20. The van der Waals surface area contributed by atoms with Crippen molar-refractivity contribution in [2.45, 2.75) is 6.54 Å². The average Bonchev–Trinajstić information content (AvgIpc) is 2.46. The molecular weight excluding hydrogens is 276 g/mol. The Morgan fingerprint density at radius 1 is 1.20 bits per heavy atom. The molecule has 0 spiro atoms. The zero-order chi connectivity index (χ0) is 14.4. The fraction of sp³-hybridized carbons (Fsp3) is 0.133. The van der Waals surface area contributed by atoms with Crippen LogP contribution < -0.4 is 15.4 Å². The predicted molar refractivity (Wildman–Crippen MR) is 80.3 cm³/mol. The van der Waals surface area contributed by atoms with E-state index in [-0.39, 0.29) is 6.03 Å². The first-order valence-corrected chi connectivity index (χ1v) is 6.49. The second-order valence-corrected chi connectivity index (χ2v) is 4.57. The van der Waals surface area contributed by atoms with E-state index < -0.39 is 0 Å². The fourth-order valence-corrected chi connectivity index (χ4v) is 1.96. The van der Waals surface area contributed by atoms with E-state index in [1.807, 2.05) is 30.3 Å². The van der Waals surface area contributed by atoms with Gasteiger partial charge in [0.05, 0.1) is 12.8 Å². The van der Waals surface area contributed by atoms with Crippen LogP contribution in [-0.4, -0.2) is 13.1 Å². The zero-order valence-electron chi connectivity index (χ0n) is 11.0. The predicted octanol–water partition coefficient (Wildman–Crippen LogP) is 3.67. The van der Waals surface area contributed by atoms with Crippen molar-refractivity contribution >= 4 is 23.3 Å². The van der Waals surface area contributed by atoms with Gasteiger partial charge in [-0.1, -0.05) is 35.9 Å². The number of urea groups is 1. The minimum Gasteiger partial charge on any atom is -0.495 e. The molecule has 2 rings (SSSR count). The largest absolute Gasteiger partial charge is 0.495 e. The summed E-state index contributed by atoms with van der Waals surface area (Å²) in [6.45, 7) is 0.404. The van der Waals surface area contributed by atoms with E-state index in [1.165, 1.54) is 0 Å². The van der Waals surface area contributed by atoms with Crippen molar-refractivity contribution < 1.29 is 9.53 Å². The number of carbonyl (C=O) groups excluding carboxylic acids is 1. The third-order valence-corrected chi connectivity index (χ3v) is 2.93. The number of nitrogens with one attached hydrogen (secondary N) is 2. The molecule has 2 aromatic carbocycles.